The summed E-state index contributed by atoms with van der Waals surface area (Å²) < 4.78 is 0. The third-order valence-corrected chi connectivity index (χ3v) is 5.81. The smallest absolute Gasteiger partial charge is 0.185 e. The van der Waals surface area contributed by atoms with Crippen LogP contribution >= 0.6 is 11.3 Å². The zero-order chi connectivity index (χ0) is 14.8. The maximum absolute atomic E-state index is 5.00. The van der Waals surface area contributed by atoms with Crippen molar-refractivity contribution in [2.75, 3.05) is 18.0 Å². The van der Waals surface area contributed by atoms with Gasteiger partial charge in [0.2, 0.25) is 0 Å². The van der Waals surface area contributed by atoms with Gasteiger partial charge in [0, 0.05) is 30.6 Å². The van der Waals surface area contributed by atoms with Gasteiger partial charge in [-0.1, -0.05) is 20.8 Å². The topological polar surface area (TPSA) is 28.2 Å². The molecule has 1 aliphatic carbocycles. The molecule has 2 fully saturated rings. The highest BCUT2D eigenvalue weighted by Crippen LogP contribution is 2.33. The third kappa shape index (κ3) is 3.98. The number of anilines is 1. The first kappa shape index (κ1) is 15.3. The van der Waals surface area contributed by atoms with Crippen LogP contribution in [0, 0.1) is 5.92 Å². The lowest BCUT2D eigenvalue weighted by molar-refractivity contribution is 0.521. The van der Waals surface area contributed by atoms with Gasteiger partial charge in [-0.2, -0.15) is 0 Å². The summed E-state index contributed by atoms with van der Waals surface area (Å²) in [6.07, 6.45) is 6.70. The summed E-state index contributed by atoms with van der Waals surface area (Å²) in [6, 6.07) is 0.773. The molecule has 21 heavy (non-hydrogen) atoms. The standard InChI is InChI=1S/C17H29N3S/c1-12(2)16-15(11-18-14-6-7-14)21-17(19-16)20-9-4-5-13(3)8-10-20/h12-14,18H,4-11H2,1-3H3. The number of nitrogens with zero attached hydrogens (tertiary/aromatic N) is 2. The average molecular weight is 308 g/mol. The molecule has 118 valence electrons. The minimum Gasteiger partial charge on any atom is -0.348 e. The first-order valence-electron chi connectivity index (χ1n) is 8.61. The first-order chi connectivity index (χ1) is 10.1. The Kier molecular flexibility index (Phi) is 4.85. The van der Waals surface area contributed by atoms with Crippen LogP contribution in [0.5, 0.6) is 0 Å². The lowest BCUT2D eigenvalue weighted by Gasteiger charge is -2.19. The van der Waals surface area contributed by atoms with Crippen molar-refractivity contribution in [2.24, 2.45) is 5.92 Å². The molecule has 3 nitrogen and oxygen atoms in total. The number of nitrogens with one attached hydrogen (secondary N) is 1. The van der Waals surface area contributed by atoms with Crippen molar-refractivity contribution >= 4 is 16.5 Å². The maximum Gasteiger partial charge on any atom is 0.185 e. The highest BCUT2D eigenvalue weighted by Gasteiger charge is 2.24. The van der Waals surface area contributed by atoms with E-state index >= 15 is 0 Å². The number of thiazole rings is 1. The summed E-state index contributed by atoms with van der Waals surface area (Å²) in [5, 5.41) is 4.92. The van der Waals surface area contributed by atoms with Crippen LogP contribution in [0.2, 0.25) is 0 Å². The van der Waals surface area contributed by atoms with Crippen molar-refractivity contribution in [2.45, 2.75) is 71.4 Å². The van der Waals surface area contributed by atoms with Gasteiger partial charge in [0.15, 0.2) is 5.13 Å². The van der Waals surface area contributed by atoms with E-state index in [0.29, 0.717) is 5.92 Å². The van der Waals surface area contributed by atoms with Crippen LogP contribution < -0.4 is 10.2 Å². The van der Waals surface area contributed by atoms with Crippen LogP contribution in [0.3, 0.4) is 0 Å². The van der Waals surface area contributed by atoms with Gasteiger partial charge in [-0.25, -0.2) is 4.98 Å². The summed E-state index contributed by atoms with van der Waals surface area (Å²) in [4.78, 5) is 8.99. The fraction of sp³-hybridized carbons (Fsp3) is 0.824. The fourth-order valence-corrected chi connectivity index (χ4v) is 4.26. The van der Waals surface area contributed by atoms with Crippen molar-refractivity contribution in [3.05, 3.63) is 10.6 Å². The quantitative estimate of drug-likeness (QED) is 0.886. The van der Waals surface area contributed by atoms with Gasteiger partial charge in [0.05, 0.1) is 5.69 Å². The summed E-state index contributed by atoms with van der Waals surface area (Å²) in [5.74, 6) is 1.40. The minimum atomic E-state index is 0.525. The summed E-state index contributed by atoms with van der Waals surface area (Å²) >= 11 is 1.93. The molecule has 1 saturated heterocycles. The van der Waals surface area contributed by atoms with Gasteiger partial charge in [-0.15, -0.1) is 11.3 Å². The van der Waals surface area contributed by atoms with Crippen LogP contribution in [-0.4, -0.2) is 24.1 Å². The largest absolute Gasteiger partial charge is 0.348 e. The minimum absolute atomic E-state index is 0.525. The van der Waals surface area contributed by atoms with E-state index in [1.54, 1.807) is 0 Å². The molecule has 2 heterocycles. The number of aromatic nitrogens is 1. The summed E-state index contributed by atoms with van der Waals surface area (Å²) in [5.41, 5.74) is 1.32. The van der Waals surface area contributed by atoms with E-state index in [1.165, 1.54) is 60.9 Å². The van der Waals surface area contributed by atoms with Crippen LogP contribution in [0.4, 0.5) is 5.13 Å². The Morgan fingerprint density at radius 3 is 2.76 bits per heavy atom. The molecule has 3 rings (SSSR count). The molecule has 0 amide bonds. The molecule has 1 saturated carbocycles. The van der Waals surface area contributed by atoms with E-state index in [9.17, 15) is 0 Å². The van der Waals surface area contributed by atoms with E-state index in [0.717, 1.165) is 18.5 Å². The van der Waals surface area contributed by atoms with Crippen molar-refractivity contribution < 1.29 is 0 Å². The van der Waals surface area contributed by atoms with Crippen molar-refractivity contribution in [3.8, 4) is 0 Å². The van der Waals surface area contributed by atoms with Gasteiger partial charge in [-0.05, 0) is 43.9 Å². The monoisotopic (exact) mass is 307 g/mol. The van der Waals surface area contributed by atoms with Crippen molar-refractivity contribution in [1.82, 2.24) is 10.3 Å². The van der Waals surface area contributed by atoms with Crippen LogP contribution in [0.25, 0.3) is 0 Å². The third-order valence-electron chi connectivity index (χ3n) is 4.68. The Morgan fingerprint density at radius 2 is 2.05 bits per heavy atom. The molecule has 4 heteroatoms. The predicted molar refractivity (Wildman–Crippen MR) is 91.3 cm³/mol. The predicted octanol–water partition coefficient (Wildman–Crippen LogP) is 4.14. The molecule has 0 radical (unpaired) electrons. The van der Waals surface area contributed by atoms with Gasteiger partial charge < -0.3 is 10.2 Å². The Hall–Kier alpha value is -0.610. The molecule has 0 bridgehead atoms. The second-order valence-corrected chi connectivity index (χ2v) is 8.20. The van der Waals surface area contributed by atoms with E-state index < -0.39 is 0 Å². The summed E-state index contributed by atoms with van der Waals surface area (Å²) in [6.45, 7) is 10.3. The molecule has 1 unspecified atom stereocenters. The van der Waals surface area contributed by atoms with Gasteiger partial charge >= 0.3 is 0 Å². The molecule has 2 aliphatic rings. The summed E-state index contributed by atoms with van der Waals surface area (Å²) in [7, 11) is 0. The molecule has 1 N–H and O–H groups in total. The van der Waals surface area contributed by atoms with Gasteiger partial charge in [0.25, 0.3) is 0 Å². The van der Waals surface area contributed by atoms with Crippen LogP contribution in [0.15, 0.2) is 0 Å². The van der Waals surface area contributed by atoms with Crippen molar-refractivity contribution in [1.29, 1.82) is 0 Å². The zero-order valence-corrected chi connectivity index (χ0v) is 14.5. The highest BCUT2D eigenvalue weighted by atomic mass is 32.1. The molecule has 0 aromatic carbocycles. The van der Waals surface area contributed by atoms with Crippen molar-refractivity contribution in [3.63, 3.8) is 0 Å². The number of hydrogen-bond donors (Lipinski definition) is 1. The molecule has 0 spiro atoms. The van der Waals surface area contributed by atoms with Crippen LogP contribution in [0.1, 0.15) is 69.4 Å². The second-order valence-electron chi connectivity index (χ2n) is 7.14. The first-order valence-corrected chi connectivity index (χ1v) is 9.43. The Labute approximate surface area is 133 Å². The van der Waals surface area contributed by atoms with Gasteiger partial charge in [-0.3, -0.25) is 0 Å². The fourth-order valence-electron chi connectivity index (χ4n) is 3.04. The number of hydrogen-bond acceptors (Lipinski definition) is 4. The Morgan fingerprint density at radius 1 is 1.24 bits per heavy atom. The molecule has 1 atom stereocenters. The highest BCUT2D eigenvalue weighted by molar-refractivity contribution is 7.15. The van der Waals surface area contributed by atoms with E-state index in [1.807, 2.05) is 11.3 Å². The average Bonchev–Trinajstić information content (AvgIpc) is 3.21. The van der Waals surface area contributed by atoms with Gasteiger partial charge in [0.1, 0.15) is 0 Å². The van der Waals surface area contributed by atoms with E-state index in [-0.39, 0.29) is 0 Å². The van der Waals surface area contributed by atoms with Crippen LogP contribution in [-0.2, 0) is 6.54 Å². The lowest BCUT2D eigenvalue weighted by Crippen LogP contribution is -2.23. The SMILES string of the molecule is CC1CCCN(c2nc(C(C)C)c(CNC3CC3)s2)CC1. The second kappa shape index (κ2) is 6.66. The molecule has 1 aromatic heterocycles. The molecular formula is C17H29N3S. The number of rotatable bonds is 5. The lowest BCUT2D eigenvalue weighted by atomic mass is 10.0. The maximum atomic E-state index is 5.00. The molecule has 1 aliphatic heterocycles. The van der Waals surface area contributed by atoms with E-state index in [2.05, 4.69) is 31.0 Å². The molecular weight excluding hydrogens is 278 g/mol. The Balaban J connectivity index is 1.72. The molecule has 1 aromatic rings. The normalized spacial score (nSPS) is 23.6. The Bertz CT molecular complexity index is 465. The van der Waals surface area contributed by atoms with E-state index in [4.69, 9.17) is 4.98 Å². The zero-order valence-electron chi connectivity index (χ0n) is 13.7.